The van der Waals surface area contributed by atoms with Gasteiger partial charge in [-0.25, -0.2) is 0 Å². The largest absolute Gasteiger partial charge is 0.490 e. The molecule has 2 N–H and O–H groups in total. The van der Waals surface area contributed by atoms with Gasteiger partial charge >= 0.3 is 0 Å². The summed E-state index contributed by atoms with van der Waals surface area (Å²) in [5.41, 5.74) is 8.84. The lowest BCUT2D eigenvalue weighted by Gasteiger charge is -2.14. The molecule has 0 aliphatic rings. The first-order chi connectivity index (χ1) is 10.1. The molecule has 0 aliphatic heterocycles. The van der Waals surface area contributed by atoms with Crippen molar-refractivity contribution in [2.24, 2.45) is 5.73 Å². The number of benzene rings is 2. The molecule has 0 radical (unpaired) electrons. The Morgan fingerprint density at radius 3 is 2.33 bits per heavy atom. The summed E-state index contributed by atoms with van der Waals surface area (Å²) < 4.78 is 11.5. The van der Waals surface area contributed by atoms with Crippen molar-refractivity contribution in [1.29, 1.82) is 0 Å². The van der Waals surface area contributed by atoms with Gasteiger partial charge < -0.3 is 15.2 Å². The van der Waals surface area contributed by atoms with Crippen molar-refractivity contribution in [3.63, 3.8) is 0 Å². The standard InChI is InChI=1S/C17H20ClNO2/c1-12-4-3-5-13(2)17(12)21-9-8-20-16-7-6-15(18)10-14(16)11-19/h3-7,10H,8-9,11,19H2,1-2H3. The number of para-hydroxylation sites is 1. The third-order valence-electron chi connectivity index (χ3n) is 3.24. The van der Waals surface area contributed by atoms with Gasteiger partial charge in [-0.1, -0.05) is 29.8 Å². The fourth-order valence-electron chi connectivity index (χ4n) is 2.17. The maximum atomic E-state index is 5.94. The molecule has 3 nitrogen and oxygen atoms in total. The van der Waals surface area contributed by atoms with Crippen LogP contribution in [-0.4, -0.2) is 13.2 Å². The minimum absolute atomic E-state index is 0.396. The highest BCUT2D eigenvalue weighted by Gasteiger charge is 2.05. The molecule has 0 saturated heterocycles. The van der Waals surface area contributed by atoms with E-state index >= 15 is 0 Å². The highest BCUT2D eigenvalue weighted by atomic mass is 35.5. The summed E-state index contributed by atoms with van der Waals surface area (Å²) in [7, 11) is 0. The van der Waals surface area contributed by atoms with E-state index in [1.807, 2.05) is 44.2 Å². The Bertz CT molecular complexity index is 593. The summed E-state index contributed by atoms with van der Waals surface area (Å²) in [6.45, 7) is 5.41. The van der Waals surface area contributed by atoms with E-state index in [1.54, 1.807) is 6.07 Å². The molecule has 0 aromatic heterocycles. The van der Waals surface area contributed by atoms with E-state index in [-0.39, 0.29) is 0 Å². The maximum Gasteiger partial charge on any atom is 0.125 e. The van der Waals surface area contributed by atoms with E-state index in [0.29, 0.717) is 24.8 Å². The molecule has 2 aromatic rings. The second-order valence-electron chi connectivity index (χ2n) is 4.87. The molecule has 4 heteroatoms. The first-order valence-electron chi connectivity index (χ1n) is 6.92. The summed E-state index contributed by atoms with van der Waals surface area (Å²) in [6, 6.07) is 11.5. The maximum absolute atomic E-state index is 5.94. The Labute approximate surface area is 130 Å². The fraction of sp³-hybridized carbons (Fsp3) is 0.294. The zero-order chi connectivity index (χ0) is 15.2. The minimum atomic E-state index is 0.396. The molecule has 0 bridgehead atoms. The molecule has 0 heterocycles. The van der Waals surface area contributed by atoms with Crippen molar-refractivity contribution in [3.05, 3.63) is 58.1 Å². The van der Waals surface area contributed by atoms with E-state index in [9.17, 15) is 0 Å². The Kier molecular flexibility index (Phi) is 5.48. The molecular formula is C17H20ClNO2. The second kappa shape index (κ2) is 7.34. The highest BCUT2D eigenvalue weighted by molar-refractivity contribution is 6.30. The topological polar surface area (TPSA) is 44.5 Å². The molecule has 0 saturated carbocycles. The zero-order valence-electron chi connectivity index (χ0n) is 12.4. The molecule has 0 unspecified atom stereocenters. The molecule has 0 atom stereocenters. The van der Waals surface area contributed by atoms with Gasteiger partial charge in [0.25, 0.3) is 0 Å². The number of hydrogen-bond acceptors (Lipinski definition) is 3. The molecule has 2 rings (SSSR count). The molecule has 0 aliphatic carbocycles. The zero-order valence-corrected chi connectivity index (χ0v) is 13.1. The van der Waals surface area contributed by atoms with Gasteiger partial charge in [0.05, 0.1) is 0 Å². The minimum Gasteiger partial charge on any atom is -0.490 e. The predicted octanol–water partition coefficient (Wildman–Crippen LogP) is 3.87. The number of rotatable bonds is 6. The van der Waals surface area contributed by atoms with E-state index in [2.05, 4.69) is 0 Å². The first kappa shape index (κ1) is 15.7. The van der Waals surface area contributed by atoms with Crippen LogP contribution in [0, 0.1) is 13.8 Å². The van der Waals surface area contributed by atoms with Crippen LogP contribution in [0.3, 0.4) is 0 Å². The monoisotopic (exact) mass is 305 g/mol. The van der Waals surface area contributed by atoms with Crippen molar-refractivity contribution >= 4 is 11.6 Å². The number of ether oxygens (including phenoxy) is 2. The van der Waals surface area contributed by atoms with Gasteiger partial charge in [-0.05, 0) is 43.2 Å². The van der Waals surface area contributed by atoms with E-state index in [4.69, 9.17) is 26.8 Å². The number of halogens is 1. The molecule has 0 fully saturated rings. The van der Waals surface area contributed by atoms with E-state index < -0.39 is 0 Å². The summed E-state index contributed by atoms with van der Waals surface area (Å²) in [5.74, 6) is 1.68. The van der Waals surface area contributed by atoms with Gasteiger partial charge in [-0.2, -0.15) is 0 Å². The van der Waals surface area contributed by atoms with Crippen LogP contribution in [-0.2, 0) is 6.54 Å². The average molecular weight is 306 g/mol. The van der Waals surface area contributed by atoms with Gasteiger partial charge in [0, 0.05) is 17.1 Å². The van der Waals surface area contributed by atoms with Crippen molar-refractivity contribution in [2.75, 3.05) is 13.2 Å². The molecule has 112 valence electrons. The smallest absolute Gasteiger partial charge is 0.125 e. The number of nitrogens with two attached hydrogens (primary N) is 1. The lowest BCUT2D eigenvalue weighted by atomic mass is 10.1. The van der Waals surface area contributed by atoms with Gasteiger partial charge in [-0.15, -0.1) is 0 Å². The molecule has 21 heavy (non-hydrogen) atoms. The van der Waals surface area contributed by atoms with Crippen LogP contribution in [0.2, 0.25) is 5.02 Å². The number of aryl methyl sites for hydroxylation is 2. The molecule has 0 spiro atoms. The van der Waals surface area contributed by atoms with Crippen molar-refractivity contribution in [2.45, 2.75) is 20.4 Å². The van der Waals surface area contributed by atoms with Gasteiger partial charge in [0.1, 0.15) is 24.7 Å². The first-order valence-corrected chi connectivity index (χ1v) is 7.30. The SMILES string of the molecule is Cc1cccc(C)c1OCCOc1ccc(Cl)cc1CN. The van der Waals surface area contributed by atoms with Gasteiger partial charge in [-0.3, -0.25) is 0 Å². The van der Waals surface area contributed by atoms with Crippen LogP contribution in [0.25, 0.3) is 0 Å². The highest BCUT2D eigenvalue weighted by Crippen LogP contribution is 2.24. The van der Waals surface area contributed by atoms with Crippen LogP contribution in [0.5, 0.6) is 11.5 Å². The van der Waals surface area contributed by atoms with Crippen LogP contribution in [0.4, 0.5) is 0 Å². The van der Waals surface area contributed by atoms with Gasteiger partial charge in [0.2, 0.25) is 0 Å². The fourth-order valence-corrected chi connectivity index (χ4v) is 2.37. The lowest BCUT2D eigenvalue weighted by Crippen LogP contribution is -2.12. The summed E-state index contributed by atoms with van der Waals surface area (Å²) in [5, 5.41) is 0.662. The Morgan fingerprint density at radius 1 is 1.00 bits per heavy atom. The molecule has 2 aromatic carbocycles. The van der Waals surface area contributed by atoms with Crippen LogP contribution in [0.1, 0.15) is 16.7 Å². The van der Waals surface area contributed by atoms with Crippen molar-refractivity contribution < 1.29 is 9.47 Å². The van der Waals surface area contributed by atoms with Crippen LogP contribution < -0.4 is 15.2 Å². The van der Waals surface area contributed by atoms with Crippen molar-refractivity contribution in [3.8, 4) is 11.5 Å². The van der Waals surface area contributed by atoms with E-state index in [1.165, 1.54) is 0 Å². The third-order valence-corrected chi connectivity index (χ3v) is 3.47. The van der Waals surface area contributed by atoms with Gasteiger partial charge in [0.15, 0.2) is 0 Å². The van der Waals surface area contributed by atoms with Crippen LogP contribution >= 0.6 is 11.6 Å². The Balaban J connectivity index is 1.91. The molecular weight excluding hydrogens is 286 g/mol. The summed E-state index contributed by atoms with van der Waals surface area (Å²) in [6.07, 6.45) is 0. The lowest BCUT2D eigenvalue weighted by molar-refractivity contribution is 0.214. The Morgan fingerprint density at radius 2 is 1.67 bits per heavy atom. The van der Waals surface area contributed by atoms with E-state index in [0.717, 1.165) is 28.2 Å². The number of hydrogen-bond donors (Lipinski definition) is 1. The molecule has 0 amide bonds. The summed E-state index contributed by atoms with van der Waals surface area (Å²) >= 11 is 5.94. The van der Waals surface area contributed by atoms with Crippen LogP contribution in [0.15, 0.2) is 36.4 Å². The summed E-state index contributed by atoms with van der Waals surface area (Å²) in [4.78, 5) is 0. The van der Waals surface area contributed by atoms with Crippen molar-refractivity contribution in [1.82, 2.24) is 0 Å². The third kappa shape index (κ3) is 4.13. The Hall–Kier alpha value is -1.71. The normalized spacial score (nSPS) is 10.5. The predicted molar refractivity (Wildman–Crippen MR) is 86.2 cm³/mol. The second-order valence-corrected chi connectivity index (χ2v) is 5.31. The quantitative estimate of drug-likeness (QED) is 0.824. The average Bonchev–Trinajstić information content (AvgIpc) is 2.47.